The van der Waals surface area contributed by atoms with Gasteiger partial charge in [-0.1, -0.05) is 37.8 Å². The molecule has 8 heteroatoms. The first-order valence-electron chi connectivity index (χ1n) is 13.0. The lowest BCUT2D eigenvalue weighted by molar-refractivity contribution is -0.160. The molecule has 2 aromatic carbocycles. The van der Waals surface area contributed by atoms with Crippen molar-refractivity contribution in [1.29, 1.82) is 0 Å². The summed E-state index contributed by atoms with van der Waals surface area (Å²) in [5.41, 5.74) is 2.18. The topological polar surface area (TPSA) is 108 Å². The summed E-state index contributed by atoms with van der Waals surface area (Å²) in [5.74, 6) is 0.847. The predicted molar refractivity (Wildman–Crippen MR) is 141 cm³/mol. The Hall–Kier alpha value is -3.17. The highest BCUT2D eigenvalue weighted by atomic mass is 16.6. The molecule has 4 atom stereocenters. The van der Waals surface area contributed by atoms with Crippen molar-refractivity contribution in [2.24, 2.45) is 0 Å². The summed E-state index contributed by atoms with van der Waals surface area (Å²) >= 11 is 0. The van der Waals surface area contributed by atoms with Gasteiger partial charge in [-0.2, -0.15) is 0 Å². The minimum Gasteiger partial charge on any atom is -0.491 e. The van der Waals surface area contributed by atoms with Crippen LogP contribution in [-0.2, 0) is 25.4 Å². The SMILES string of the molecule is C=CC(=O)OCC(O)COC12CCC1(OCC(O)COc1ccc3cc(-c4ccccc4CC)oc3c1)C2. The maximum absolute atomic E-state index is 11.1. The van der Waals surface area contributed by atoms with Gasteiger partial charge >= 0.3 is 5.97 Å². The largest absolute Gasteiger partial charge is 0.491 e. The third-order valence-electron chi connectivity index (χ3n) is 7.50. The van der Waals surface area contributed by atoms with E-state index in [1.165, 1.54) is 5.56 Å². The molecule has 4 unspecified atom stereocenters. The van der Waals surface area contributed by atoms with Gasteiger partial charge < -0.3 is 33.6 Å². The Morgan fingerprint density at radius 2 is 1.74 bits per heavy atom. The lowest BCUT2D eigenvalue weighted by atomic mass is 9.91. The third-order valence-corrected chi connectivity index (χ3v) is 7.50. The molecule has 2 fully saturated rings. The van der Waals surface area contributed by atoms with E-state index in [2.05, 4.69) is 25.6 Å². The molecule has 1 heterocycles. The molecule has 2 N–H and O–H groups in total. The number of aryl methyl sites for hydroxylation is 1. The first kappa shape index (κ1) is 26.4. The van der Waals surface area contributed by atoms with E-state index in [0.717, 1.165) is 47.6 Å². The number of aliphatic hydroxyl groups is 2. The number of carbonyl (C=O) groups excluding carboxylic acids is 1. The summed E-state index contributed by atoms with van der Waals surface area (Å²) in [7, 11) is 0. The quantitative estimate of drug-likeness (QED) is 0.240. The fourth-order valence-electron chi connectivity index (χ4n) is 5.13. The summed E-state index contributed by atoms with van der Waals surface area (Å²) < 4.78 is 28.7. The molecular formula is C30H34O8. The van der Waals surface area contributed by atoms with Crippen molar-refractivity contribution < 1.29 is 38.4 Å². The van der Waals surface area contributed by atoms with Gasteiger partial charge in [0, 0.05) is 29.5 Å². The van der Waals surface area contributed by atoms with Crippen molar-refractivity contribution in [3.8, 4) is 17.1 Å². The molecule has 0 aliphatic heterocycles. The zero-order chi connectivity index (χ0) is 26.8. The number of ether oxygens (including phenoxy) is 4. The highest BCUT2D eigenvalue weighted by molar-refractivity contribution is 5.84. The highest BCUT2D eigenvalue weighted by Gasteiger charge is 2.77. The molecule has 8 nitrogen and oxygen atoms in total. The predicted octanol–water partition coefficient (Wildman–Crippen LogP) is 4.20. The van der Waals surface area contributed by atoms with Gasteiger partial charge in [0.05, 0.1) is 13.2 Å². The third kappa shape index (κ3) is 5.35. The molecule has 2 aliphatic rings. The highest BCUT2D eigenvalue weighted by Crippen LogP contribution is 2.68. The van der Waals surface area contributed by atoms with Gasteiger partial charge in [0.15, 0.2) is 0 Å². The van der Waals surface area contributed by atoms with Crippen LogP contribution in [0.5, 0.6) is 5.75 Å². The van der Waals surface area contributed by atoms with Crippen molar-refractivity contribution in [3.05, 3.63) is 66.7 Å². The Labute approximate surface area is 221 Å². The van der Waals surface area contributed by atoms with Gasteiger partial charge in [0.2, 0.25) is 0 Å². The van der Waals surface area contributed by atoms with Gasteiger partial charge in [0.1, 0.15) is 53.7 Å². The Morgan fingerprint density at radius 3 is 2.42 bits per heavy atom. The number of esters is 1. The Kier molecular flexibility index (Phi) is 7.59. The fraction of sp³-hybridized carbons (Fsp3) is 0.433. The maximum atomic E-state index is 11.1. The maximum Gasteiger partial charge on any atom is 0.330 e. The molecule has 2 aliphatic carbocycles. The molecule has 2 saturated carbocycles. The van der Waals surface area contributed by atoms with Crippen LogP contribution in [-0.4, -0.2) is 66.0 Å². The van der Waals surface area contributed by atoms with E-state index in [1.807, 2.05) is 36.4 Å². The molecule has 0 amide bonds. The van der Waals surface area contributed by atoms with E-state index in [1.54, 1.807) is 0 Å². The van der Waals surface area contributed by atoms with Gasteiger partial charge in [0.25, 0.3) is 0 Å². The number of fused-ring (bicyclic) bond motifs is 2. The second kappa shape index (κ2) is 10.9. The molecule has 0 saturated heterocycles. The average Bonchev–Trinajstić information content (AvgIpc) is 3.20. The average molecular weight is 523 g/mol. The van der Waals surface area contributed by atoms with E-state index >= 15 is 0 Å². The first-order chi connectivity index (χ1) is 18.4. The van der Waals surface area contributed by atoms with Gasteiger partial charge in [-0.05, 0) is 43.0 Å². The van der Waals surface area contributed by atoms with E-state index < -0.39 is 29.4 Å². The first-order valence-corrected chi connectivity index (χ1v) is 13.0. The number of aliphatic hydroxyl groups excluding tert-OH is 2. The second-order valence-electron chi connectivity index (χ2n) is 10.1. The number of hydrogen-bond acceptors (Lipinski definition) is 8. The van der Waals surface area contributed by atoms with Gasteiger partial charge in [-0.3, -0.25) is 0 Å². The number of benzene rings is 2. The normalized spacial score (nSPS) is 23.2. The fourth-order valence-corrected chi connectivity index (χ4v) is 5.13. The Bertz CT molecular complexity index is 1300. The van der Waals surface area contributed by atoms with Crippen molar-refractivity contribution in [2.45, 2.75) is 56.0 Å². The molecule has 1 aromatic heterocycles. The zero-order valence-corrected chi connectivity index (χ0v) is 21.6. The second-order valence-corrected chi connectivity index (χ2v) is 10.1. The molecule has 0 radical (unpaired) electrons. The van der Waals surface area contributed by atoms with E-state index in [4.69, 9.17) is 23.4 Å². The molecule has 202 valence electrons. The molecule has 0 bridgehead atoms. The van der Waals surface area contributed by atoms with Crippen LogP contribution in [0.2, 0.25) is 0 Å². The van der Waals surface area contributed by atoms with E-state index in [0.29, 0.717) is 12.2 Å². The number of rotatable bonds is 14. The van der Waals surface area contributed by atoms with Crippen molar-refractivity contribution in [1.82, 2.24) is 0 Å². The standard InChI is InChI=1S/C30H34O8/c1-3-20-7-5-6-8-25(20)27-13-21-9-10-24(14-26(21)38-27)34-15-22(31)17-36-29-11-12-30(29,19-29)37-18-23(32)16-35-28(33)4-2/h4-10,13-14,22-23,31-32H,2-3,11-12,15-19H2,1H3. The monoisotopic (exact) mass is 522 g/mol. The Morgan fingerprint density at radius 1 is 1.03 bits per heavy atom. The van der Waals surface area contributed by atoms with E-state index in [-0.39, 0.29) is 26.4 Å². The number of carbonyl (C=O) groups is 1. The summed E-state index contributed by atoms with van der Waals surface area (Å²) in [4.78, 5) is 11.1. The lowest BCUT2D eigenvalue weighted by Crippen LogP contribution is -2.44. The summed E-state index contributed by atoms with van der Waals surface area (Å²) in [6, 6.07) is 15.9. The van der Waals surface area contributed by atoms with Crippen LogP contribution < -0.4 is 4.74 Å². The zero-order valence-electron chi connectivity index (χ0n) is 21.6. The van der Waals surface area contributed by atoms with Crippen molar-refractivity contribution in [3.63, 3.8) is 0 Å². The summed E-state index contributed by atoms with van der Waals surface area (Å²) in [5, 5.41) is 21.4. The van der Waals surface area contributed by atoms with Crippen LogP contribution in [0.1, 0.15) is 31.7 Å². The van der Waals surface area contributed by atoms with Crippen molar-refractivity contribution >= 4 is 16.9 Å². The molecule has 38 heavy (non-hydrogen) atoms. The summed E-state index contributed by atoms with van der Waals surface area (Å²) in [6.45, 7) is 5.53. The van der Waals surface area contributed by atoms with Crippen LogP contribution >= 0.6 is 0 Å². The molecule has 0 spiro atoms. The Balaban J connectivity index is 1.09. The van der Waals surface area contributed by atoms with Crippen LogP contribution in [0.3, 0.4) is 0 Å². The minimum atomic E-state index is -0.921. The van der Waals surface area contributed by atoms with E-state index in [9.17, 15) is 15.0 Å². The number of furan rings is 1. The smallest absolute Gasteiger partial charge is 0.330 e. The van der Waals surface area contributed by atoms with Crippen LogP contribution in [0, 0.1) is 0 Å². The van der Waals surface area contributed by atoms with Crippen LogP contribution in [0.25, 0.3) is 22.3 Å². The molecule has 5 rings (SSSR count). The lowest BCUT2D eigenvalue weighted by Gasteiger charge is -2.36. The van der Waals surface area contributed by atoms with Gasteiger partial charge in [-0.25, -0.2) is 4.79 Å². The molecule has 3 aromatic rings. The van der Waals surface area contributed by atoms with Crippen molar-refractivity contribution in [2.75, 3.05) is 26.4 Å². The van der Waals surface area contributed by atoms with Crippen LogP contribution in [0.15, 0.2) is 65.6 Å². The van der Waals surface area contributed by atoms with Gasteiger partial charge in [-0.15, -0.1) is 0 Å². The minimum absolute atomic E-state index is 0.0438. The van der Waals surface area contributed by atoms with Crippen LogP contribution in [0.4, 0.5) is 0 Å². The number of hydrogen-bond donors (Lipinski definition) is 2. The summed E-state index contributed by atoms with van der Waals surface area (Å²) in [6.07, 6.45) is 2.61. The molecular weight excluding hydrogens is 488 g/mol.